The van der Waals surface area contributed by atoms with Crippen LogP contribution in [-0.2, 0) is 11.3 Å². The molecule has 2 amide bonds. The Morgan fingerprint density at radius 1 is 1.20 bits per heavy atom. The van der Waals surface area contributed by atoms with E-state index in [0.717, 1.165) is 11.3 Å². The fourth-order valence-corrected chi connectivity index (χ4v) is 3.86. The van der Waals surface area contributed by atoms with Crippen LogP contribution in [0.1, 0.15) is 39.6 Å². The number of nitrogens with one attached hydrogen (secondary N) is 1. The maximum absolute atomic E-state index is 13.2. The molecule has 2 aromatic carbocycles. The van der Waals surface area contributed by atoms with Crippen LogP contribution in [0.4, 0.5) is 10.1 Å². The van der Waals surface area contributed by atoms with E-state index < -0.39 is 11.9 Å². The fourth-order valence-electron chi connectivity index (χ4n) is 3.63. The molecule has 30 heavy (non-hydrogen) atoms. The summed E-state index contributed by atoms with van der Waals surface area (Å²) in [5.74, 6) is -0.872. The minimum atomic E-state index is -0.515. The van der Waals surface area contributed by atoms with E-state index in [1.165, 1.54) is 18.2 Å². The molecule has 1 aromatic heterocycles. The van der Waals surface area contributed by atoms with Crippen LogP contribution < -0.4 is 10.2 Å². The van der Waals surface area contributed by atoms with Gasteiger partial charge in [0.05, 0.1) is 23.7 Å². The van der Waals surface area contributed by atoms with E-state index in [9.17, 15) is 14.0 Å². The number of halogens is 2. The van der Waals surface area contributed by atoms with Crippen LogP contribution in [0, 0.1) is 12.7 Å². The molecule has 0 saturated carbocycles. The number of benzene rings is 2. The lowest BCUT2D eigenvalue weighted by atomic mass is 10.1. The molecule has 1 unspecified atom stereocenters. The van der Waals surface area contributed by atoms with Crippen molar-refractivity contribution in [2.45, 2.75) is 25.9 Å². The fraction of sp³-hybridized carbons (Fsp3) is 0.174. The molecule has 2 heterocycles. The molecule has 4 rings (SSSR count). The summed E-state index contributed by atoms with van der Waals surface area (Å²) < 4.78 is 13.2. The lowest BCUT2D eigenvalue weighted by molar-refractivity contribution is -0.121. The van der Waals surface area contributed by atoms with Crippen LogP contribution in [0.3, 0.4) is 0 Å². The second-order valence-corrected chi connectivity index (χ2v) is 7.59. The van der Waals surface area contributed by atoms with Crippen LogP contribution in [0.2, 0.25) is 5.02 Å². The molecule has 0 bridgehead atoms. The van der Waals surface area contributed by atoms with Gasteiger partial charge in [-0.3, -0.25) is 19.5 Å². The first kappa shape index (κ1) is 20.0. The molecule has 0 fully saturated rings. The van der Waals surface area contributed by atoms with Gasteiger partial charge in [-0.25, -0.2) is 4.39 Å². The quantitative estimate of drug-likeness (QED) is 0.652. The molecule has 0 radical (unpaired) electrons. The first-order chi connectivity index (χ1) is 14.4. The van der Waals surface area contributed by atoms with Crippen molar-refractivity contribution in [1.29, 1.82) is 0 Å². The van der Waals surface area contributed by atoms with Crippen LogP contribution in [0.15, 0.2) is 60.8 Å². The SMILES string of the molecule is Cc1cccc(N2C(=O)c3cccnc3C2CC(=O)NCc2ccc(F)cc2Cl)c1. The average molecular weight is 424 g/mol. The summed E-state index contributed by atoms with van der Waals surface area (Å²) in [5, 5.41) is 3.05. The Bertz CT molecular complexity index is 1130. The van der Waals surface area contributed by atoms with Gasteiger partial charge in [0.2, 0.25) is 5.91 Å². The molecular weight excluding hydrogens is 405 g/mol. The predicted octanol–water partition coefficient (Wildman–Crippen LogP) is 4.59. The monoisotopic (exact) mass is 423 g/mol. The Kier molecular flexibility index (Phi) is 5.50. The minimum Gasteiger partial charge on any atom is -0.352 e. The number of hydrogen-bond donors (Lipinski definition) is 1. The van der Waals surface area contributed by atoms with Crippen molar-refractivity contribution in [1.82, 2.24) is 10.3 Å². The molecule has 1 aliphatic heterocycles. The van der Waals surface area contributed by atoms with Crippen LogP contribution in [-0.4, -0.2) is 16.8 Å². The normalized spacial score (nSPS) is 15.2. The van der Waals surface area contributed by atoms with E-state index in [1.807, 2.05) is 31.2 Å². The number of hydrogen-bond acceptors (Lipinski definition) is 3. The van der Waals surface area contributed by atoms with E-state index >= 15 is 0 Å². The van der Waals surface area contributed by atoms with E-state index in [4.69, 9.17) is 11.6 Å². The zero-order chi connectivity index (χ0) is 21.3. The topological polar surface area (TPSA) is 62.3 Å². The molecule has 152 valence electrons. The zero-order valence-corrected chi connectivity index (χ0v) is 17.0. The molecule has 5 nitrogen and oxygen atoms in total. The summed E-state index contributed by atoms with van der Waals surface area (Å²) in [6.07, 6.45) is 1.66. The van der Waals surface area contributed by atoms with E-state index in [1.54, 1.807) is 23.2 Å². The van der Waals surface area contributed by atoms with Crippen molar-refractivity contribution in [2.24, 2.45) is 0 Å². The van der Waals surface area contributed by atoms with Gasteiger partial charge in [0.15, 0.2) is 0 Å². The predicted molar refractivity (Wildman–Crippen MR) is 113 cm³/mol. The summed E-state index contributed by atoms with van der Waals surface area (Å²) in [6, 6.07) is 14.5. The first-order valence-electron chi connectivity index (χ1n) is 9.50. The largest absolute Gasteiger partial charge is 0.352 e. The first-order valence-corrected chi connectivity index (χ1v) is 9.87. The highest BCUT2D eigenvalue weighted by Crippen LogP contribution is 2.38. The zero-order valence-electron chi connectivity index (χ0n) is 16.2. The van der Waals surface area contributed by atoms with Crippen LogP contribution >= 0.6 is 11.6 Å². The number of aromatic nitrogens is 1. The highest BCUT2D eigenvalue weighted by Gasteiger charge is 2.39. The van der Waals surface area contributed by atoms with Gasteiger partial charge in [-0.05, 0) is 54.4 Å². The lowest BCUT2D eigenvalue weighted by Crippen LogP contribution is -2.33. The molecule has 1 atom stereocenters. The van der Waals surface area contributed by atoms with Gasteiger partial charge in [0.25, 0.3) is 5.91 Å². The molecule has 1 N–H and O–H groups in total. The molecule has 7 heteroatoms. The molecule has 3 aromatic rings. The molecule has 0 aliphatic carbocycles. The third-order valence-electron chi connectivity index (χ3n) is 5.06. The number of carbonyl (C=O) groups excluding carboxylic acids is 2. The van der Waals surface area contributed by atoms with Crippen LogP contribution in [0.5, 0.6) is 0 Å². The molecule has 1 aliphatic rings. The van der Waals surface area contributed by atoms with Crippen molar-refractivity contribution in [3.8, 4) is 0 Å². The van der Waals surface area contributed by atoms with E-state index in [-0.39, 0.29) is 29.8 Å². The number of nitrogens with zero attached hydrogens (tertiary/aromatic N) is 2. The second kappa shape index (κ2) is 8.24. The van der Waals surface area contributed by atoms with E-state index in [0.29, 0.717) is 16.8 Å². The lowest BCUT2D eigenvalue weighted by Gasteiger charge is -2.25. The van der Waals surface area contributed by atoms with Gasteiger partial charge in [-0.2, -0.15) is 0 Å². The van der Waals surface area contributed by atoms with Gasteiger partial charge >= 0.3 is 0 Å². The number of fused-ring (bicyclic) bond motifs is 1. The van der Waals surface area contributed by atoms with Crippen LogP contribution in [0.25, 0.3) is 0 Å². The van der Waals surface area contributed by atoms with Gasteiger partial charge in [0, 0.05) is 23.5 Å². The Morgan fingerprint density at radius 2 is 2.03 bits per heavy atom. The summed E-state index contributed by atoms with van der Waals surface area (Å²) in [6.45, 7) is 2.11. The van der Waals surface area contributed by atoms with Crippen molar-refractivity contribution in [2.75, 3.05) is 4.90 Å². The van der Waals surface area contributed by atoms with Crippen molar-refractivity contribution in [3.05, 3.63) is 94.0 Å². The Morgan fingerprint density at radius 3 is 2.80 bits per heavy atom. The van der Waals surface area contributed by atoms with Crippen molar-refractivity contribution < 1.29 is 14.0 Å². The van der Waals surface area contributed by atoms with Crippen molar-refractivity contribution >= 4 is 29.1 Å². The van der Waals surface area contributed by atoms with Gasteiger partial charge in [-0.1, -0.05) is 29.8 Å². The third kappa shape index (κ3) is 3.91. The third-order valence-corrected chi connectivity index (χ3v) is 5.42. The summed E-state index contributed by atoms with van der Waals surface area (Å²) in [4.78, 5) is 31.8. The van der Waals surface area contributed by atoms with Gasteiger partial charge in [0.1, 0.15) is 5.82 Å². The second-order valence-electron chi connectivity index (χ2n) is 7.18. The Balaban J connectivity index is 1.56. The number of anilines is 1. The number of aryl methyl sites for hydroxylation is 1. The smallest absolute Gasteiger partial charge is 0.260 e. The maximum atomic E-state index is 13.2. The molecule has 0 spiro atoms. The minimum absolute atomic E-state index is 0.0442. The average Bonchev–Trinajstić information content (AvgIpc) is 2.99. The number of carbonyl (C=O) groups is 2. The Hall–Kier alpha value is -3.25. The van der Waals surface area contributed by atoms with Gasteiger partial charge in [-0.15, -0.1) is 0 Å². The molecular formula is C23H19ClFN3O2. The highest BCUT2D eigenvalue weighted by atomic mass is 35.5. The highest BCUT2D eigenvalue weighted by molar-refractivity contribution is 6.31. The molecule has 0 saturated heterocycles. The summed E-state index contributed by atoms with van der Waals surface area (Å²) in [7, 11) is 0. The standard InChI is InChI=1S/C23H19ClFN3O2/c1-14-4-2-5-17(10-14)28-20(22-18(23(28)30)6-3-9-26-22)12-21(29)27-13-15-7-8-16(25)11-19(15)24/h2-11,20H,12-13H2,1H3,(H,27,29). The number of pyridine rings is 1. The summed E-state index contributed by atoms with van der Waals surface area (Å²) in [5.41, 5.74) is 3.43. The van der Waals surface area contributed by atoms with E-state index in [2.05, 4.69) is 10.3 Å². The number of amides is 2. The maximum Gasteiger partial charge on any atom is 0.260 e. The van der Waals surface area contributed by atoms with Crippen molar-refractivity contribution in [3.63, 3.8) is 0 Å². The Labute approximate surface area is 178 Å². The number of rotatable bonds is 5. The summed E-state index contributed by atoms with van der Waals surface area (Å²) >= 11 is 6.03. The van der Waals surface area contributed by atoms with Gasteiger partial charge < -0.3 is 5.32 Å².